The highest BCUT2D eigenvalue weighted by Gasteiger charge is 2.07. The Morgan fingerprint density at radius 3 is 3.08 bits per heavy atom. The van der Waals surface area contributed by atoms with Crippen molar-refractivity contribution in [1.82, 2.24) is 9.38 Å². The molecule has 0 aliphatic rings. The lowest BCUT2D eigenvalue weighted by atomic mass is 10.3. The van der Waals surface area contributed by atoms with Crippen LogP contribution in [0.5, 0.6) is 0 Å². The summed E-state index contributed by atoms with van der Waals surface area (Å²) >= 11 is 4.80. The number of fused-ring (bicyclic) bond motifs is 1. The lowest BCUT2D eigenvalue weighted by molar-refractivity contribution is -0.136. The minimum absolute atomic E-state index is 0.0218. The summed E-state index contributed by atoms with van der Waals surface area (Å²) in [6, 6.07) is 0. The maximum atomic E-state index is 10.4. The molecule has 2 aromatic rings. The summed E-state index contributed by atoms with van der Waals surface area (Å²) in [7, 11) is 0. The van der Waals surface area contributed by atoms with Crippen molar-refractivity contribution in [1.29, 1.82) is 0 Å². The Balaban J connectivity index is 2.39. The van der Waals surface area contributed by atoms with E-state index in [1.165, 1.54) is 11.3 Å². The number of nitrogens with zero attached hydrogens (tertiary/aromatic N) is 2. The number of aliphatic carboxylic acids is 1. The van der Waals surface area contributed by atoms with Crippen LogP contribution in [0.3, 0.4) is 0 Å². The van der Waals surface area contributed by atoms with E-state index in [9.17, 15) is 4.79 Å². The second-order valence-corrected chi connectivity index (χ2v) is 4.92. The lowest BCUT2D eigenvalue weighted by Gasteiger charge is -1.85. The number of carbonyl (C=O) groups is 1. The number of rotatable bonds is 2. The highest BCUT2D eigenvalue weighted by molar-refractivity contribution is 9.11. The summed E-state index contributed by atoms with van der Waals surface area (Å²) in [5, 5.41) is 8.53. The first kappa shape index (κ1) is 8.71. The number of imidazole rings is 1. The summed E-state index contributed by atoms with van der Waals surface area (Å²) in [6.07, 6.45) is 3.56. The number of carboxylic acids is 1. The highest BCUT2D eigenvalue weighted by Crippen LogP contribution is 2.22. The van der Waals surface area contributed by atoms with Crippen LogP contribution in [0.25, 0.3) is 4.96 Å². The van der Waals surface area contributed by atoms with Gasteiger partial charge in [0.15, 0.2) is 4.96 Å². The molecule has 0 aliphatic carbocycles. The fourth-order valence-corrected chi connectivity index (χ4v) is 2.43. The molecule has 6 heteroatoms. The average Bonchev–Trinajstić information content (AvgIpc) is 2.41. The largest absolute Gasteiger partial charge is 0.481 e. The van der Waals surface area contributed by atoms with Crippen LogP contribution < -0.4 is 0 Å². The topological polar surface area (TPSA) is 54.6 Å². The molecule has 2 rings (SSSR count). The maximum absolute atomic E-state index is 10.4. The molecule has 0 fully saturated rings. The zero-order valence-electron chi connectivity index (χ0n) is 6.40. The molecule has 68 valence electrons. The van der Waals surface area contributed by atoms with Crippen LogP contribution in [0.2, 0.25) is 0 Å². The zero-order valence-corrected chi connectivity index (χ0v) is 8.80. The van der Waals surface area contributed by atoms with Gasteiger partial charge in [0.25, 0.3) is 0 Å². The third-order valence-corrected chi connectivity index (χ3v) is 2.99. The molecule has 0 radical (unpaired) electrons. The van der Waals surface area contributed by atoms with E-state index in [0.29, 0.717) is 5.69 Å². The van der Waals surface area contributed by atoms with Crippen LogP contribution in [0.4, 0.5) is 0 Å². The first-order valence-corrected chi connectivity index (χ1v) is 5.11. The highest BCUT2D eigenvalue weighted by atomic mass is 79.9. The zero-order chi connectivity index (χ0) is 9.42. The van der Waals surface area contributed by atoms with Gasteiger partial charge in [0.1, 0.15) is 0 Å². The molecule has 0 aliphatic heterocycles. The minimum Gasteiger partial charge on any atom is -0.481 e. The van der Waals surface area contributed by atoms with E-state index < -0.39 is 5.97 Å². The number of halogens is 1. The van der Waals surface area contributed by atoms with Gasteiger partial charge < -0.3 is 5.11 Å². The quantitative estimate of drug-likeness (QED) is 0.896. The normalized spacial score (nSPS) is 10.8. The molecule has 0 saturated carbocycles. The second-order valence-electron chi connectivity index (χ2n) is 2.53. The van der Waals surface area contributed by atoms with E-state index in [1.54, 1.807) is 6.20 Å². The molecule has 13 heavy (non-hydrogen) atoms. The first-order valence-electron chi connectivity index (χ1n) is 3.50. The SMILES string of the molecule is O=C(O)Cc1cn2cc(Br)sc2n1. The van der Waals surface area contributed by atoms with Crippen LogP contribution in [0.15, 0.2) is 16.2 Å². The molecule has 0 unspecified atom stereocenters. The number of thiazole rings is 1. The summed E-state index contributed by atoms with van der Waals surface area (Å²) in [5.74, 6) is -0.857. The van der Waals surface area contributed by atoms with Crippen molar-refractivity contribution in [3.8, 4) is 0 Å². The predicted molar refractivity (Wildman–Crippen MR) is 52.1 cm³/mol. The molecule has 1 N–H and O–H groups in total. The van der Waals surface area contributed by atoms with Gasteiger partial charge in [-0.15, -0.1) is 0 Å². The van der Waals surface area contributed by atoms with Crippen molar-refractivity contribution < 1.29 is 9.90 Å². The van der Waals surface area contributed by atoms with Crippen LogP contribution in [0.1, 0.15) is 5.69 Å². The molecular formula is C7H5BrN2O2S. The van der Waals surface area contributed by atoms with Crippen molar-refractivity contribution in [2.24, 2.45) is 0 Å². The third kappa shape index (κ3) is 1.73. The maximum Gasteiger partial charge on any atom is 0.309 e. The van der Waals surface area contributed by atoms with E-state index in [4.69, 9.17) is 5.11 Å². The first-order chi connectivity index (χ1) is 6.15. The van der Waals surface area contributed by atoms with E-state index in [0.717, 1.165) is 8.75 Å². The summed E-state index contributed by atoms with van der Waals surface area (Å²) in [5.41, 5.74) is 0.589. The second kappa shape index (κ2) is 3.12. The van der Waals surface area contributed by atoms with Gasteiger partial charge in [-0.2, -0.15) is 0 Å². The molecule has 0 spiro atoms. The van der Waals surface area contributed by atoms with Crippen molar-refractivity contribution in [3.63, 3.8) is 0 Å². The van der Waals surface area contributed by atoms with Gasteiger partial charge in [-0.3, -0.25) is 9.20 Å². The Morgan fingerprint density at radius 2 is 2.46 bits per heavy atom. The monoisotopic (exact) mass is 260 g/mol. The molecule has 2 aromatic heterocycles. The Labute approximate surface area is 86.0 Å². The predicted octanol–water partition coefficient (Wildman–Crippen LogP) is 1.79. The van der Waals surface area contributed by atoms with E-state index in [2.05, 4.69) is 20.9 Å². The molecule has 0 bridgehead atoms. The van der Waals surface area contributed by atoms with Gasteiger partial charge in [-0.05, 0) is 15.9 Å². The van der Waals surface area contributed by atoms with E-state index in [1.807, 2.05) is 10.6 Å². The molecule has 4 nitrogen and oxygen atoms in total. The number of hydrogen-bond donors (Lipinski definition) is 1. The standard InChI is InChI=1S/C7H5BrN2O2S/c8-5-3-10-2-4(1-6(11)12)9-7(10)13-5/h2-3H,1H2,(H,11,12). The van der Waals surface area contributed by atoms with Crippen molar-refractivity contribution >= 4 is 38.2 Å². The van der Waals surface area contributed by atoms with Gasteiger partial charge in [-0.1, -0.05) is 11.3 Å². The molecule has 0 amide bonds. The van der Waals surface area contributed by atoms with Gasteiger partial charge in [0.2, 0.25) is 0 Å². The Bertz CT molecular complexity index is 430. The van der Waals surface area contributed by atoms with Crippen LogP contribution in [0, 0.1) is 0 Å². The molecular weight excluding hydrogens is 256 g/mol. The molecule has 0 saturated heterocycles. The molecule has 0 aromatic carbocycles. The van der Waals surface area contributed by atoms with Crippen LogP contribution in [-0.2, 0) is 11.2 Å². The van der Waals surface area contributed by atoms with E-state index in [-0.39, 0.29) is 6.42 Å². The third-order valence-electron chi connectivity index (χ3n) is 1.51. The van der Waals surface area contributed by atoms with Gasteiger partial charge in [-0.25, -0.2) is 4.98 Å². The fourth-order valence-electron chi connectivity index (χ4n) is 1.06. The van der Waals surface area contributed by atoms with Crippen molar-refractivity contribution in [2.75, 3.05) is 0 Å². The average molecular weight is 261 g/mol. The van der Waals surface area contributed by atoms with Crippen LogP contribution in [-0.4, -0.2) is 20.5 Å². The summed E-state index contributed by atoms with van der Waals surface area (Å²) in [4.78, 5) is 15.3. The smallest absolute Gasteiger partial charge is 0.309 e. The van der Waals surface area contributed by atoms with E-state index >= 15 is 0 Å². The Morgan fingerprint density at radius 1 is 1.69 bits per heavy atom. The Kier molecular flexibility index (Phi) is 2.09. The number of aromatic nitrogens is 2. The lowest BCUT2D eigenvalue weighted by Crippen LogP contribution is -1.99. The van der Waals surface area contributed by atoms with Crippen molar-refractivity contribution in [3.05, 3.63) is 21.9 Å². The molecule has 2 heterocycles. The number of carboxylic acid groups (broad SMARTS) is 1. The van der Waals surface area contributed by atoms with Gasteiger partial charge >= 0.3 is 5.97 Å². The van der Waals surface area contributed by atoms with Crippen molar-refractivity contribution in [2.45, 2.75) is 6.42 Å². The van der Waals surface area contributed by atoms with Gasteiger partial charge in [0.05, 0.1) is 15.9 Å². The van der Waals surface area contributed by atoms with Gasteiger partial charge in [0, 0.05) is 12.4 Å². The summed E-state index contributed by atoms with van der Waals surface area (Å²) < 4.78 is 2.80. The fraction of sp³-hybridized carbons (Fsp3) is 0.143. The Hall–Kier alpha value is -0.880. The number of hydrogen-bond acceptors (Lipinski definition) is 3. The van der Waals surface area contributed by atoms with Crippen LogP contribution >= 0.6 is 27.3 Å². The molecule has 0 atom stereocenters. The summed E-state index contributed by atoms with van der Waals surface area (Å²) in [6.45, 7) is 0. The minimum atomic E-state index is -0.857.